The number of aliphatic hydroxyl groups excluding tert-OH is 5. The fraction of sp³-hybridized carbons (Fsp3) is 0.279. The van der Waals surface area contributed by atoms with Gasteiger partial charge in [-0.15, -0.1) is 56.7 Å². The molecular weight excluding hydrogens is 2330 g/mol. The summed E-state index contributed by atoms with van der Waals surface area (Å²) in [6, 6.07) is 55.7. The monoisotopic (exact) mass is 2430 g/mol. The number of thiophene rings is 5. The van der Waals surface area contributed by atoms with Crippen LogP contribution in [-0.2, 0) is 54.6 Å². The predicted octanol–water partition coefficient (Wildman–Crippen LogP) is 22.6. The summed E-state index contributed by atoms with van der Waals surface area (Å²) in [6.45, 7) is 9.27. The van der Waals surface area contributed by atoms with Crippen molar-refractivity contribution in [2.24, 2.45) is 23.7 Å². The van der Waals surface area contributed by atoms with Crippen LogP contribution >= 0.6 is 184 Å². The zero-order valence-electron chi connectivity index (χ0n) is 79.6. The summed E-state index contributed by atoms with van der Waals surface area (Å²) in [5.74, 6) is -0.578. The Bertz CT molecular complexity index is 6590. The first-order valence-electron chi connectivity index (χ1n) is 45.4. The van der Waals surface area contributed by atoms with Gasteiger partial charge >= 0.3 is 41.4 Å². The van der Waals surface area contributed by atoms with Gasteiger partial charge < -0.3 is 43.1 Å². The van der Waals surface area contributed by atoms with E-state index < -0.39 is 69.6 Å². The number of aliphatic hydroxyl groups is 5. The van der Waals surface area contributed by atoms with Crippen molar-refractivity contribution in [2.45, 2.75) is 146 Å². The number of halogens is 13. The summed E-state index contributed by atoms with van der Waals surface area (Å²) < 4.78 is 59.8. The molecule has 44 heteroatoms. The molecule has 3 aliphatic rings. The van der Waals surface area contributed by atoms with Crippen molar-refractivity contribution >= 4 is 219 Å². The minimum atomic E-state index is -1.57. The van der Waals surface area contributed by atoms with E-state index in [4.69, 9.17) is 122 Å². The van der Waals surface area contributed by atoms with E-state index in [1.807, 2.05) is 177 Å². The van der Waals surface area contributed by atoms with Crippen LogP contribution in [0.15, 0.2) is 245 Å². The van der Waals surface area contributed by atoms with Gasteiger partial charge in [-0.2, -0.15) is 6.42 Å². The van der Waals surface area contributed by atoms with Gasteiger partial charge in [-0.25, -0.2) is 67.8 Å². The number of carbonyl (C=O) groups is 4. The number of nitrogens with zero attached hydrogens (tertiary/aromatic N) is 10. The molecule has 775 valence electrons. The van der Waals surface area contributed by atoms with Crippen molar-refractivity contribution in [2.75, 3.05) is 23.8 Å². The number of benzene rings is 5. The molecule has 15 aromatic rings. The molecule has 0 amide bonds. The SMILES string of the molecule is CC[C@H]1C[C@@H](Nc2ncncc2C(=O)c2ccc(Cc3cccc(Cl)c3)s2)[C@@H](F)[C@@H]1C.Clc1ncncc1I.O=C(c1ccc(Cc2cccc(Cl)c2)s1)c1cncnc1Cl.O=C(c1ccc(Cc2cccc(Cl)c2)s1)c1cncnc1N[C@@H]1C[C@H](CO)[C@@H](O)[C@@H]1F.O=Cc1ccc(Cc2cccc(Cl)c2)s1.OC(c1ccc(Cc2cccc(Cl)c2)s1)c1cncnc1Cl.OC[C@H]1C[C@@H](NCl)[C@@H](F)[C@@H]1O.[CH2-]CCC.[Li+].[O]=[Mn]=[O]. The van der Waals surface area contributed by atoms with E-state index in [1.165, 1.54) is 130 Å². The Morgan fingerprint density at radius 3 is 1.14 bits per heavy atom. The number of aldehydes is 1. The van der Waals surface area contributed by atoms with Crippen LogP contribution in [0.3, 0.4) is 0 Å². The Balaban J connectivity index is 0.000000196. The molecule has 8 N–H and O–H groups in total. The summed E-state index contributed by atoms with van der Waals surface area (Å²) in [7, 11) is 0. The van der Waals surface area contributed by atoms with Crippen LogP contribution in [0.25, 0.3) is 0 Å². The number of anilines is 2. The molecule has 0 aliphatic heterocycles. The van der Waals surface area contributed by atoms with Crippen LogP contribution in [-0.4, -0.2) is 161 Å². The Morgan fingerprint density at radius 2 is 0.804 bits per heavy atom. The molecule has 148 heavy (non-hydrogen) atoms. The van der Waals surface area contributed by atoms with Gasteiger partial charge in [0.25, 0.3) is 0 Å². The van der Waals surface area contributed by atoms with Gasteiger partial charge in [-0.3, -0.25) is 19.2 Å². The van der Waals surface area contributed by atoms with Gasteiger partial charge in [-0.05, 0) is 215 Å². The first-order chi connectivity index (χ1) is 70.8. The number of unbranched alkanes of at least 4 members (excludes halogenated alkanes) is 1. The van der Waals surface area contributed by atoms with E-state index >= 15 is 0 Å². The van der Waals surface area contributed by atoms with Crippen LogP contribution in [0.1, 0.15) is 183 Å². The van der Waals surface area contributed by atoms with E-state index in [-0.39, 0.29) is 95.4 Å². The van der Waals surface area contributed by atoms with Crippen molar-refractivity contribution in [3.63, 3.8) is 0 Å². The summed E-state index contributed by atoms with van der Waals surface area (Å²) in [4.78, 5) is 99.6. The summed E-state index contributed by atoms with van der Waals surface area (Å²) in [5.41, 5.74) is 6.99. The molecule has 18 rings (SSSR count). The van der Waals surface area contributed by atoms with Crippen LogP contribution in [0.4, 0.5) is 24.8 Å². The molecule has 3 fully saturated rings. The average molecular weight is 2430 g/mol. The third kappa shape index (κ3) is 38.0. The Hall–Kier alpha value is -8.11. The van der Waals surface area contributed by atoms with Crippen molar-refractivity contribution in [3.05, 3.63) is 395 Å². The first kappa shape index (κ1) is 123. The number of nitrogens with one attached hydrogen (secondary N) is 3. The number of alkyl halides is 3. The number of rotatable bonds is 28. The zero-order chi connectivity index (χ0) is 106. The van der Waals surface area contributed by atoms with Gasteiger partial charge in [0.2, 0.25) is 17.3 Å². The van der Waals surface area contributed by atoms with E-state index in [2.05, 4.69) is 109 Å². The van der Waals surface area contributed by atoms with Crippen molar-refractivity contribution in [1.29, 1.82) is 0 Å². The quantitative estimate of drug-likeness (QED) is 0.00429. The van der Waals surface area contributed by atoms with Crippen LogP contribution < -0.4 is 34.3 Å². The third-order valence-electron chi connectivity index (χ3n) is 23.0. The van der Waals surface area contributed by atoms with Crippen LogP contribution in [0.5, 0.6) is 0 Å². The van der Waals surface area contributed by atoms with Gasteiger partial charge in [0.1, 0.15) is 83.4 Å². The van der Waals surface area contributed by atoms with Crippen LogP contribution in [0, 0.1) is 34.2 Å². The molecule has 3 saturated carbocycles. The van der Waals surface area contributed by atoms with Crippen molar-refractivity contribution in [1.82, 2.24) is 54.7 Å². The molecule has 0 radical (unpaired) electrons. The van der Waals surface area contributed by atoms with E-state index in [1.54, 1.807) is 18.3 Å². The van der Waals surface area contributed by atoms with Crippen molar-refractivity contribution in [3.8, 4) is 0 Å². The molecule has 1 unspecified atom stereocenters. The number of hydrogen-bond acceptors (Lipinski definition) is 29. The Labute approximate surface area is 951 Å². The minimum absolute atomic E-state index is 0. The molecule has 10 heterocycles. The molecule has 13 atom stereocenters. The topological polar surface area (TPSA) is 369 Å². The summed E-state index contributed by atoms with van der Waals surface area (Å²) in [5, 5.41) is 58.1. The number of carbonyl (C=O) groups excluding carboxylic acids is 4. The van der Waals surface area contributed by atoms with Crippen molar-refractivity contribution < 1.29 is 99.2 Å². The fourth-order valence-corrected chi connectivity index (χ4v) is 22.3. The first-order valence-corrected chi connectivity index (χ1v) is 55.0. The normalized spacial score (nSPS) is 18.2. The maximum absolute atomic E-state index is 14.8. The van der Waals surface area contributed by atoms with Gasteiger partial charge in [0.05, 0.1) is 70.1 Å². The van der Waals surface area contributed by atoms with E-state index in [0.717, 1.165) is 110 Å². The number of hydrogen-bond donors (Lipinski definition) is 8. The van der Waals surface area contributed by atoms with Gasteiger partial charge in [0.15, 0.2) is 6.29 Å². The van der Waals surface area contributed by atoms with E-state index in [0.29, 0.717) is 82.5 Å². The average Bonchev–Trinajstić information content (AvgIpc) is 1.68. The number of aromatic nitrogens is 10. The Kier molecular flexibility index (Phi) is 53.5. The zero-order valence-corrected chi connectivity index (χ0v) is 93.8. The molecular formula is C104H99Cl9F3ILiMnN13O11S5. The number of ketones is 3. The van der Waals surface area contributed by atoms with Gasteiger partial charge in [0, 0.05) is 148 Å². The van der Waals surface area contributed by atoms with E-state index in [9.17, 15) is 47.7 Å². The third-order valence-corrected chi connectivity index (χ3v) is 31.9. The standard InChI is InChI=1S/C24H25ClFN3OS.C22H21ClFN3O3S.C16H12Cl2N2OS.C16H10Cl2N2OS.C12H9ClOS.C6H11ClFNO2.C4H2ClIN2.C4H9.Li.Mn.2O/c1-3-16-11-20(22(26)14(16)2)29-24-19(12-27-13-28-24)23(30)21-8-7-18(31-21)10-15-5-4-6-17(25)9-15;23-14-3-1-2-12(6-14)7-15-4-5-18(31-15)21(30)16-9-25-11-26-22(16)27-17-8-13(10-28)20(29)19(17)24;2*17-11-3-1-2-10(6-11)7-12-4-5-14(22-12)15(21)13-8-19-9-20-16(13)18;13-10-3-1-2-9(6-10)7-11-4-5-12(8-14)15-11;7-9-4-1-3(2-10)6(11)5(4)8;5-4-3(6)1-7-2-8-4;1-3-4-2;;;;/h4-9,12-14,16,20,22H,3,10-11H2,1-2H3,(H,27,28,29);1-6,9,11,13,17,19-20,28-29H,7-8,10H2,(H,25,26,27);1-6,8-9,15,21H,7H2;1-6,8-9H,7H2;1-6,8H,7H2;3-6,9-11H,1-2H2;1-2H;1,3-4H2,2H3;;;;/q;;;;;;;-1;+1;;;/t14-,16+,20-,22+;13-,17-,19-,20-;;;;3-,4-,5-,6-;;;;;;/m11...1....../s1. The molecule has 0 bridgehead atoms. The van der Waals surface area contributed by atoms with Crippen LogP contribution in [0.2, 0.25) is 40.6 Å². The second kappa shape index (κ2) is 64.2. The Morgan fingerprint density at radius 1 is 0.466 bits per heavy atom. The second-order valence-corrected chi connectivity index (χ2v) is 44.0. The molecule has 0 saturated heterocycles. The predicted molar refractivity (Wildman–Crippen MR) is 584 cm³/mol. The summed E-state index contributed by atoms with van der Waals surface area (Å²) >= 11 is 60.6. The summed E-state index contributed by atoms with van der Waals surface area (Å²) in [6.07, 6.45) is 16.4. The second-order valence-electron chi connectivity index (χ2n) is 33.2. The van der Waals surface area contributed by atoms with Gasteiger partial charge in [-0.1, -0.05) is 187 Å². The molecule has 24 nitrogen and oxygen atoms in total. The molecule has 3 aliphatic carbocycles. The molecule has 5 aromatic carbocycles. The maximum atomic E-state index is 14.8. The molecule has 0 spiro atoms. The fourth-order valence-electron chi connectivity index (χ4n) is 15.4. The molecule has 10 aromatic heterocycles.